The molecule has 2 fully saturated rings. The fourth-order valence-corrected chi connectivity index (χ4v) is 4.07. The van der Waals surface area contributed by atoms with Crippen molar-refractivity contribution in [3.8, 4) is 23.0 Å². The average Bonchev–Trinajstić information content (AvgIpc) is 3.11. The van der Waals surface area contributed by atoms with Gasteiger partial charge in [0.15, 0.2) is 5.82 Å². The summed E-state index contributed by atoms with van der Waals surface area (Å²) in [5.74, 6) is 1.44. The predicted octanol–water partition coefficient (Wildman–Crippen LogP) is 1.74. The monoisotopic (exact) mass is 390 g/mol. The molecule has 0 N–H and O–H groups in total. The highest BCUT2D eigenvalue weighted by Crippen LogP contribution is 2.35. The molecule has 0 unspecified atom stereocenters. The third-order valence-corrected chi connectivity index (χ3v) is 6.15. The van der Waals surface area contributed by atoms with Crippen LogP contribution in [0.5, 0.6) is 5.88 Å². The zero-order valence-electron chi connectivity index (χ0n) is 16.2. The van der Waals surface area contributed by atoms with Gasteiger partial charge in [0.2, 0.25) is 5.88 Å². The van der Waals surface area contributed by atoms with Crippen molar-refractivity contribution in [3.05, 3.63) is 48.4 Å². The molecule has 2 saturated heterocycles. The quantitative estimate of drug-likeness (QED) is 0.672. The topological polar surface area (TPSA) is 68.5 Å². The van der Waals surface area contributed by atoms with Crippen LogP contribution in [0.3, 0.4) is 0 Å². The summed E-state index contributed by atoms with van der Waals surface area (Å²) in [6, 6.07) is 9.21. The number of anilines is 1. The fourth-order valence-electron chi connectivity index (χ4n) is 4.07. The highest BCUT2D eigenvalue weighted by molar-refractivity contribution is 5.69. The van der Waals surface area contributed by atoms with Crippen molar-refractivity contribution < 1.29 is 9.47 Å². The maximum absolute atomic E-state index is 5.73. The third-order valence-electron chi connectivity index (χ3n) is 6.15. The SMILES string of the molecule is CN(C1COC1)C1CN(c2ccc(-n3cc4c(n3)-c3cccnc3OC4)nc2)C1. The van der Waals surface area contributed by atoms with Crippen LogP contribution in [0.15, 0.2) is 42.9 Å². The summed E-state index contributed by atoms with van der Waals surface area (Å²) in [6.07, 6.45) is 5.66. The number of fused-ring (bicyclic) bond motifs is 3. The number of hydrogen-bond acceptors (Lipinski definition) is 7. The summed E-state index contributed by atoms with van der Waals surface area (Å²) in [4.78, 5) is 13.7. The van der Waals surface area contributed by atoms with Gasteiger partial charge in [0, 0.05) is 37.1 Å². The highest BCUT2D eigenvalue weighted by Gasteiger charge is 2.36. The molecule has 29 heavy (non-hydrogen) atoms. The lowest BCUT2D eigenvalue weighted by Gasteiger charge is -2.49. The average molecular weight is 390 g/mol. The van der Waals surface area contributed by atoms with E-state index in [0.29, 0.717) is 24.6 Å². The van der Waals surface area contributed by atoms with E-state index >= 15 is 0 Å². The first-order valence-corrected chi connectivity index (χ1v) is 9.94. The first kappa shape index (κ1) is 16.9. The standard InChI is InChI=1S/C21H22N6O2/c1-25(17-12-28-13-17)16-9-26(10-16)15-4-5-19(23-7-15)27-8-14-11-29-21-18(20(14)24-27)3-2-6-22-21/h2-8,16-17H,9-13H2,1H3. The van der Waals surface area contributed by atoms with E-state index in [9.17, 15) is 0 Å². The molecule has 0 spiro atoms. The van der Waals surface area contributed by atoms with Crippen LogP contribution < -0.4 is 9.64 Å². The Morgan fingerprint density at radius 3 is 2.76 bits per heavy atom. The zero-order valence-corrected chi connectivity index (χ0v) is 16.2. The molecule has 3 aromatic rings. The fraction of sp³-hybridized carbons (Fsp3) is 0.381. The number of hydrogen-bond donors (Lipinski definition) is 0. The zero-order chi connectivity index (χ0) is 19.4. The molecule has 3 aliphatic rings. The van der Waals surface area contributed by atoms with Crippen molar-refractivity contribution in [3.63, 3.8) is 0 Å². The van der Waals surface area contributed by atoms with Gasteiger partial charge in [-0.3, -0.25) is 4.90 Å². The molecular weight excluding hydrogens is 368 g/mol. The van der Waals surface area contributed by atoms with Crippen LogP contribution in [0.25, 0.3) is 17.1 Å². The first-order valence-electron chi connectivity index (χ1n) is 9.94. The van der Waals surface area contributed by atoms with Gasteiger partial charge < -0.3 is 14.4 Å². The molecule has 0 aromatic carbocycles. The van der Waals surface area contributed by atoms with Crippen molar-refractivity contribution in [1.29, 1.82) is 0 Å². The normalized spacial score (nSPS) is 18.6. The smallest absolute Gasteiger partial charge is 0.223 e. The molecule has 8 heteroatoms. The molecule has 3 aliphatic heterocycles. The molecule has 0 bridgehead atoms. The Balaban J connectivity index is 1.18. The van der Waals surface area contributed by atoms with Gasteiger partial charge in [0.05, 0.1) is 36.7 Å². The Morgan fingerprint density at radius 1 is 1.10 bits per heavy atom. The highest BCUT2D eigenvalue weighted by atomic mass is 16.5. The molecular formula is C21H22N6O2. The summed E-state index contributed by atoms with van der Waals surface area (Å²) in [5.41, 5.74) is 4.04. The summed E-state index contributed by atoms with van der Waals surface area (Å²) in [7, 11) is 2.20. The Kier molecular flexibility index (Phi) is 3.82. The number of aromatic nitrogens is 4. The van der Waals surface area contributed by atoms with Gasteiger partial charge in [-0.05, 0) is 31.3 Å². The maximum Gasteiger partial charge on any atom is 0.223 e. The van der Waals surface area contributed by atoms with Crippen LogP contribution in [0.1, 0.15) is 5.56 Å². The van der Waals surface area contributed by atoms with Crippen molar-refractivity contribution >= 4 is 5.69 Å². The van der Waals surface area contributed by atoms with E-state index < -0.39 is 0 Å². The molecule has 8 nitrogen and oxygen atoms in total. The second kappa shape index (κ2) is 6.53. The Labute approximate surface area is 168 Å². The molecule has 0 saturated carbocycles. The van der Waals surface area contributed by atoms with Gasteiger partial charge in [-0.15, -0.1) is 0 Å². The molecule has 3 aromatic heterocycles. The second-order valence-electron chi connectivity index (χ2n) is 7.88. The lowest BCUT2D eigenvalue weighted by molar-refractivity contribution is -0.0724. The summed E-state index contributed by atoms with van der Waals surface area (Å²) < 4.78 is 12.9. The Bertz CT molecular complexity index is 1040. The molecule has 6 rings (SSSR count). The van der Waals surface area contributed by atoms with Crippen LogP contribution >= 0.6 is 0 Å². The second-order valence-corrected chi connectivity index (χ2v) is 7.88. The van der Waals surface area contributed by atoms with E-state index in [1.54, 1.807) is 6.20 Å². The van der Waals surface area contributed by atoms with Crippen LogP contribution in [0.4, 0.5) is 5.69 Å². The van der Waals surface area contributed by atoms with Gasteiger partial charge >= 0.3 is 0 Å². The summed E-state index contributed by atoms with van der Waals surface area (Å²) in [6.45, 7) is 4.27. The maximum atomic E-state index is 5.73. The molecule has 0 amide bonds. The lowest BCUT2D eigenvalue weighted by Crippen LogP contribution is -2.64. The van der Waals surface area contributed by atoms with E-state index in [2.05, 4.69) is 32.9 Å². The molecule has 6 heterocycles. The third kappa shape index (κ3) is 2.79. The van der Waals surface area contributed by atoms with Gasteiger partial charge in [0.1, 0.15) is 12.3 Å². The Morgan fingerprint density at radius 2 is 2.00 bits per heavy atom. The number of nitrogens with zero attached hydrogens (tertiary/aromatic N) is 6. The number of rotatable bonds is 4. The van der Waals surface area contributed by atoms with Gasteiger partial charge in [-0.25, -0.2) is 14.6 Å². The van der Waals surface area contributed by atoms with Crippen molar-refractivity contribution in [2.75, 3.05) is 38.3 Å². The predicted molar refractivity (Wildman–Crippen MR) is 107 cm³/mol. The van der Waals surface area contributed by atoms with Crippen molar-refractivity contribution in [2.45, 2.75) is 18.7 Å². The largest absolute Gasteiger partial charge is 0.472 e. The van der Waals surface area contributed by atoms with Crippen molar-refractivity contribution in [2.24, 2.45) is 0 Å². The van der Waals surface area contributed by atoms with Gasteiger partial charge in [0.25, 0.3) is 0 Å². The molecule has 0 atom stereocenters. The van der Waals surface area contributed by atoms with Crippen molar-refractivity contribution in [1.82, 2.24) is 24.6 Å². The molecule has 148 valence electrons. The van der Waals surface area contributed by atoms with E-state index in [1.807, 2.05) is 35.3 Å². The van der Waals surface area contributed by atoms with E-state index in [4.69, 9.17) is 14.6 Å². The van der Waals surface area contributed by atoms with E-state index in [1.165, 1.54) is 0 Å². The molecule has 0 radical (unpaired) electrons. The Hall–Kier alpha value is -2.97. The minimum atomic E-state index is 0.478. The van der Waals surface area contributed by atoms with Gasteiger partial charge in [-0.2, -0.15) is 5.10 Å². The summed E-state index contributed by atoms with van der Waals surface area (Å²) in [5, 5.41) is 4.74. The minimum Gasteiger partial charge on any atom is -0.472 e. The van der Waals surface area contributed by atoms with Crippen LogP contribution in [0, 0.1) is 0 Å². The van der Waals surface area contributed by atoms with Crippen LogP contribution in [0.2, 0.25) is 0 Å². The van der Waals surface area contributed by atoms with E-state index in [-0.39, 0.29) is 0 Å². The number of ether oxygens (including phenoxy) is 2. The van der Waals surface area contributed by atoms with E-state index in [0.717, 1.165) is 54.6 Å². The summed E-state index contributed by atoms with van der Waals surface area (Å²) >= 11 is 0. The first-order chi connectivity index (χ1) is 14.3. The van der Waals surface area contributed by atoms with Crippen LogP contribution in [-0.4, -0.2) is 70.1 Å². The minimum absolute atomic E-state index is 0.478. The van der Waals surface area contributed by atoms with Gasteiger partial charge in [-0.1, -0.05) is 0 Å². The molecule has 0 aliphatic carbocycles. The number of pyridine rings is 2. The lowest BCUT2D eigenvalue weighted by atomic mass is 10.0. The number of likely N-dealkylation sites (N-methyl/N-ethyl adjacent to an activating group) is 1. The van der Waals surface area contributed by atoms with Crippen LogP contribution in [-0.2, 0) is 11.3 Å².